The van der Waals surface area contributed by atoms with Crippen LogP contribution >= 0.6 is 0 Å². The first-order chi connectivity index (χ1) is 9.66. The molecule has 3 heteroatoms. The number of hydrogen-bond acceptors (Lipinski definition) is 2. The van der Waals surface area contributed by atoms with E-state index >= 15 is 0 Å². The van der Waals surface area contributed by atoms with Crippen LogP contribution < -0.4 is 10.5 Å². The van der Waals surface area contributed by atoms with Gasteiger partial charge in [-0.25, -0.2) is 4.39 Å². The highest BCUT2D eigenvalue weighted by atomic mass is 19.1. The summed E-state index contributed by atoms with van der Waals surface area (Å²) in [5.41, 5.74) is 7.76. The lowest BCUT2D eigenvalue weighted by Gasteiger charge is -2.10. The van der Waals surface area contributed by atoms with Crippen molar-refractivity contribution in [1.82, 2.24) is 0 Å². The van der Waals surface area contributed by atoms with Gasteiger partial charge in [-0.2, -0.15) is 0 Å². The smallest absolute Gasteiger partial charge is 0.165 e. The van der Waals surface area contributed by atoms with Gasteiger partial charge in [0.25, 0.3) is 0 Å². The summed E-state index contributed by atoms with van der Waals surface area (Å²) in [5.74, 6) is -0.0537. The molecule has 0 amide bonds. The van der Waals surface area contributed by atoms with Crippen molar-refractivity contribution in [3.05, 3.63) is 65.5 Å². The molecule has 0 unspecified atom stereocenters. The first kappa shape index (κ1) is 14.5. The number of aryl methyl sites for hydroxylation is 1. The molecule has 20 heavy (non-hydrogen) atoms. The Hall–Kier alpha value is -1.87. The zero-order valence-electron chi connectivity index (χ0n) is 11.7. The summed E-state index contributed by atoms with van der Waals surface area (Å²) in [6.07, 6.45) is 1.79. The van der Waals surface area contributed by atoms with Crippen LogP contribution in [0.15, 0.2) is 48.5 Å². The molecule has 2 rings (SSSR count). The molecule has 0 spiro atoms. The summed E-state index contributed by atoms with van der Waals surface area (Å²) >= 11 is 0. The van der Waals surface area contributed by atoms with Crippen molar-refractivity contribution in [3.8, 4) is 5.75 Å². The van der Waals surface area contributed by atoms with Crippen LogP contribution in [-0.4, -0.2) is 6.61 Å². The van der Waals surface area contributed by atoms with Gasteiger partial charge >= 0.3 is 0 Å². The van der Waals surface area contributed by atoms with E-state index in [-0.39, 0.29) is 11.9 Å². The standard InChI is InChI=1S/C17H20FNO/c1-13(19)15-9-10-17(16(18)12-15)20-11-5-8-14-6-3-2-4-7-14/h2-4,6-7,9-10,12-13H,5,8,11,19H2,1H3/t13-/m1/s1. The average Bonchev–Trinajstić information content (AvgIpc) is 2.46. The maximum Gasteiger partial charge on any atom is 0.165 e. The average molecular weight is 273 g/mol. The summed E-state index contributed by atoms with van der Waals surface area (Å²) in [6.45, 7) is 2.33. The number of benzene rings is 2. The van der Waals surface area contributed by atoms with Crippen LogP contribution in [0.25, 0.3) is 0 Å². The van der Waals surface area contributed by atoms with Crippen molar-refractivity contribution in [2.24, 2.45) is 5.73 Å². The Labute approximate surface area is 119 Å². The van der Waals surface area contributed by atoms with Crippen LogP contribution in [0, 0.1) is 5.82 Å². The molecule has 2 nitrogen and oxygen atoms in total. The summed E-state index contributed by atoms with van der Waals surface area (Å²) in [5, 5.41) is 0. The second kappa shape index (κ2) is 7.06. The van der Waals surface area contributed by atoms with Gasteiger partial charge in [0.15, 0.2) is 11.6 Å². The summed E-state index contributed by atoms with van der Waals surface area (Å²) < 4.78 is 19.3. The normalized spacial score (nSPS) is 12.2. The van der Waals surface area contributed by atoms with Crippen molar-refractivity contribution in [2.75, 3.05) is 6.61 Å². The van der Waals surface area contributed by atoms with Crippen molar-refractivity contribution >= 4 is 0 Å². The molecular formula is C17H20FNO. The predicted molar refractivity (Wildman–Crippen MR) is 79.3 cm³/mol. The van der Waals surface area contributed by atoms with Gasteiger partial charge in [-0.3, -0.25) is 0 Å². The van der Waals surface area contributed by atoms with E-state index in [2.05, 4.69) is 12.1 Å². The Balaban J connectivity index is 1.82. The second-order valence-corrected chi connectivity index (χ2v) is 4.92. The summed E-state index contributed by atoms with van der Waals surface area (Å²) in [7, 11) is 0. The zero-order chi connectivity index (χ0) is 14.4. The molecule has 2 aromatic carbocycles. The lowest BCUT2D eigenvalue weighted by molar-refractivity contribution is 0.295. The molecule has 0 fully saturated rings. The molecule has 0 heterocycles. The lowest BCUT2D eigenvalue weighted by atomic mass is 10.1. The van der Waals surface area contributed by atoms with Gasteiger partial charge in [0.05, 0.1) is 6.61 Å². The molecule has 0 aliphatic carbocycles. The second-order valence-electron chi connectivity index (χ2n) is 4.92. The molecule has 0 saturated heterocycles. The molecule has 0 aromatic heterocycles. The van der Waals surface area contributed by atoms with E-state index in [0.29, 0.717) is 12.4 Å². The molecule has 0 bridgehead atoms. The number of rotatable bonds is 6. The highest BCUT2D eigenvalue weighted by molar-refractivity contribution is 5.30. The van der Waals surface area contributed by atoms with E-state index < -0.39 is 0 Å². The first-order valence-electron chi connectivity index (χ1n) is 6.88. The third-order valence-electron chi connectivity index (χ3n) is 3.19. The van der Waals surface area contributed by atoms with Crippen LogP contribution in [-0.2, 0) is 6.42 Å². The van der Waals surface area contributed by atoms with Crippen LogP contribution in [0.5, 0.6) is 5.75 Å². The largest absolute Gasteiger partial charge is 0.491 e. The van der Waals surface area contributed by atoms with Crippen molar-refractivity contribution < 1.29 is 9.13 Å². The Morgan fingerprint density at radius 3 is 2.55 bits per heavy atom. The molecule has 2 N–H and O–H groups in total. The van der Waals surface area contributed by atoms with Crippen LogP contribution in [0.1, 0.15) is 30.5 Å². The molecule has 0 saturated carbocycles. The van der Waals surface area contributed by atoms with Crippen LogP contribution in [0.2, 0.25) is 0 Å². The first-order valence-corrected chi connectivity index (χ1v) is 6.88. The number of nitrogens with two attached hydrogens (primary N) is 1. The van der Waals surface area contributed by atoms with Gasteiger partial charge in [0, 0.05) is 6.04 Å². The fraction of sp³-hybridized carbons (Fsp3) is 0.294. The Kier molecular flexibility index (Phi) is 5.13. The van der Waals surface area contributed by atoms with E-state index in [0.717, 1.165) is 18.4 Å². The highest BCUT2D eigenvalue weighted by Crippen LogP contribution is 2.21. The van der Waals surface area contributed by atoms with Gasteiger partial charge in [-0.1, -0.05) is 36.4 Å². The molecule has 0 aliphatic heterocycles. The molecule has 106 valence electrons. The minimum absolute atomic E-state index is 0.170. The summed E-state index contributed by atoms with van der Waals surface area (Å²) in [6, 6.07) is 14.9. The van der Waals surface area contributed by atoms with E-state index in [4.69, 9.17) is 10.5 Å². The zero-order valence-corrected chi connectivity index (χ0v) is 11.7. The van der Waals surface area contributed by atoms with Gasteiger partial charge in [0.1, 0.15) is 0 Å². The molecule has 0 radical (unpaired) electrons. The number of halogens is 1. The Bertz CT molecular complexity index is 540. The van der Waals surface area contributed by atoms with Gasteiger partial charge in [-0.05, 0) is 43.0 Å². The third-order valence-corrected chi connectivity index (χ3v) is 3.19. The minimum atomic E-state index is -0.348. The number of ether oxygens (including phenoxy) is 1. The Morgan fingerprint density at radius 2 is 1.90 bits per heavy atom. The van der Waals surface area contributed by atoms with Gasteiger partial charge in [0.2, 0.25) is 0 Å². The summed E-state index contributed by atoms with van der Waals surface area (Å²) in [4.78, 5) is 0. The fourth-order valence-electron chi connectivity index (χ4n) is 2.02. The lowest BCUT2D eigenvalue weighted by Crippen LogP contribution is -2.06. The topological polar surface area (TPSA) is 35.2 Å². The highest BCUT2D eigenvalue weighted by Gasteiger charge is 2.07. The van der Waals surface area contributed by atoms with Crippen LogP contribution in [0.4, 0.5) is 4.39 Å². The maximum atomic E-state index is 13.8. The van der Waals surface area contributed by atoms with E-state index in [9.17, 15) is 4.39 Å². The quantitative estimate of drug-likeness (QED) is 0.811. The minimum Gasteiger partial charge on any atom is -0.491 e. The van der Waals surface area contributed by atoms with Crippen molar-refractivity contribution in [3.63, 3.8) is 0 Å². The maximum absolute atomic E-state index is 13.8. The molecule has 1 atom stereocenters. The van der Waals surface area contributed by atoms with E-state index in [1.54, 1.807) is 12.1 Å². The van der Waals surface area contributed by atoms with Gasteiger partial charge < -0.3 is 10.5 Å². The van der Waals surface area contributed by atoms with Crippen molar-refractivity contribution in [1.29, 1.82) is 0 Å². The van der Waals surface area contributed by atoms with Crippen LogP contribution in [0.3, 0.4) is 0 Å². The molecular weight excluding hydrogens is 253 g/mol. The monoisotopic (exact) mass is 273 g/mol. The Morgan fingerprint density at radius 1 is 1.15 bits per heavy atom. The van der Waals surface area contributed by atoms with Gasteiger partial charge in [-0.15, -0.1) is 0 Å². The molecule has 2 aromatic rings. The predicted octanol–water partition coefficient (Wildman–Crippen LogP) is 3.86. The fourth-order valence-corrected chi connectivity index (χ4v) is 2.02. The SMILES string of the molecule is C[C@@H](N)c1ccc(OCCCc2ccccc2)c(F)c1. The third kappa shape index (κ3) is 4.07. The molecule has 0 aliphatic rings. The van der Waals surface area contributed by atoms with Crippen molar-refractivity contribution in [2.45, 2.75) is 25.8 Å². The van der Waals surface area contributed by atoms with E-state index in [1.165, 1.54) is 11.6 Å². The van der Waals surface area contributed by atoms with E-state index in [1.807, 2.05) is 25.1 Å². The number of hydrogen-bond donors (Lipinski definition) is 1.